The van der Waals surface area contributed by atoms with E-state index in [1.54, 1.807) is 0 Å². The fourth-order valence-electron chi connectivity index (χ4n) is 3.55. The van der Waals surface area contributed by atoms with E-state index in [9.17, 15) is 26.3 Å². The largest absolute Gasteiger partial charge is 0.417 e. The lowest BCUT2D eigenvalue weighted by Crippen LogP contribution is -2.45. The van der Waals surface area contributed by atoms with Crippen molar-refractivity contribution in [2.45, 2.75) is 24.2 Å². The van der Waals surface area contributed by atoms with Gasteiger partial charge in [-0.05, 0) is 42.3 Å². The molecule has 0 saturated carbocycles. The number of halogens is 9. The fourth-order valence-corrected chi connectivity index (χ4v) is 4.15. The lowest BCUT2D eigenvalue weighted by atomic mass is 9.79. The molecule has 2 aromatic rings. The van der Waals surface area contributed by atoms with Crippen molar-refractivity contribution in [1.29, 1.82) is 5.26 Å². The van der Waals surface area contributed by atoms with Gasteiger partial charge in [0, 0.05) is 18.8 Å². The SMILES string of the molecule is N#Cc1ccc(N2CCC(c3cc(Cl)c(Cl)c(Cl)c3)(C(F)(F)F)C2)cc1C(F)(F)F. The molecule has 1 unspecified atom stereocenters. The highest BCUT2D eigenvalue weighted by atomic mass is 35.5. The Morgan fingerprint density at radius 1 is 0.967 bits per heavy atom. The molecule has 1 saturated heterocycles. The Balaban J connectivity index is 2.07. The van der Waals surface area contributed by atoms with Gasteiger partial charge < -0.3 is 4.90 Å². The average Bonchev–Trinajstić information content (AvgIpc) is 3.11. The minimum Gasteiger partial charge on any atom is -0.370 e. The first kappa shape index (κ1) is 22.9. The molecule has 0 radical (unpaired) electrons. The summed E-state index contributed by atoms with van der Waals surface area (Å²) in [7, 11) is 0. The maximum atomic E-state index is 14.2. The molecule has 0 amide bonds. The molecular weight excluding hydrogens is 477 g/mol. The van der Waals surface area contributed by atoms with Gasteiger partial charge in [-0.1, -0.05) is 34.8 Å². The normalized spacial score (nSPS) is 19.8. The zero-order valence-electron chi connectivity index (χ0n) is 14.8. The molecule has 30 heavy (non-hydrogen) atoms. The van der Waals surface area contributed by atoms with Crippen LogP contribution in [0.15, 0.2) is 30.3 Å². The average molecular weight is 488 g/mol. The Labute approximate surface area is 182 Å². The van der Waals surface area contributed by atoms with Gasteiger partial charge in [-0.2, -0.15) is 31.6 Å². The van der Waals surface area contributed by atoms with Crippen molar-refractivity contribution in [1.82, 2.24) is 0 Å². The summed E-state index contributed by atoms with van der Waals surface area (Å²) in [5.74, 6) is 0. The molecular formula is C19H11Cl3F6N2. The van der Waals surface area contributed by atoms with Crippen LogP contribution < -0.4 is 4.90 Å². The predicted molar refractivity (Wildman–Crippen MR) is 102 cm³/mol. The summed E-state index contributed by atoms with van der Waals surface area (Å²) >= 11 is 17.7. The van der Waals surface area contributed by atoms with Crippen LogP contribution in [0.1, 0.15) is 23.1 Å². The second-order valence-corrected chi connectivity index (χ2v) is 8.04. The smallest absolute Gasteiger partial charge is 0.370 e. The molecule has 0 aliphatic carbocycles. The van der Waals surface area contributed by atoms with Gasteiger partial charge in [-0.3, -0.25) is 0 Å². The molecule has 1 aliphatic heterocycles. The number of hydrogen-bond acceptors (Lipinski definition) is 2. The van der Waals surface area contributed by atoms with Gasteiger partial charge in [0.1, 0.15) is 5.41 Å². The summed E-state index contributed by atoms with van der Waals surface area (Å²) < 4.78 is 82.3. The van der Waals surface area contributed by atoms with Gasteiger partial charge in [0.15, 0.2) is 0 Å². The predicted octanol–water partition coefficient (Wildman–Crippen LogP) is 7.25. The molecule has 1 fully saturated rings. The standard InChI is InChI=1S/C19H11Cl3F6N2/c20-14-5-11(6-15(21)16(14)22)17(19(26,27)28)3-4-30(9-17)12-2-1-10(8-29)13(7-12)18(23,24)25/h1-2,5-7H,3-4,9H2. The number of anilines is 1. The van der Waals surface area contributed by atoms with Crippen molar-refractivity contribution in [2.75, 3.05) is 18.0 Å². The first-order valence-electron chi connectivity index (χ1n) is 8.38. The number of nitrogens with zero attached hydrogens (tertiary/aromatic N) is 2. The Bertz CT molecular complexity index is 1010. The first-order valence-corrected chi connectivity index (χ1v) is 9.51. The van der Waals surface area contributed by atoms with Crippen molar-refractivity contribution < 1.29 is 26.3 Å². The van der Waals surface area contributed by atoms with E-state index in [1.807, 2.05) is 0 Å². The number of nitriles is 1. The molecule has 0 N–H and O–H groups in total. The maximum Gasteiger partial charge on any atom is 0.417 e. The molecule has 0 aromatic heterocycles. The van der Waals surface area contributed by atoms with E-state index in [0.717, 1.165) is 18.2 Å². The van der Waals surface area contributed by atoms with Crippen LogP contribution in [-0.4, -0.2) is 19.3 Å². The Morgan fingerprint density at radius 3 is 2.07 bits per heavy atom. The minimum absolute atomic E-state index is 0.0707. The summed E-state index contributed by atoms with van der Waals surface area (Å²) in [5, 5.41) is 8.51. The third-order valence-electron chi connectivity index (χ3n) is 5.14. The van der Waals surface area contributed by atoms with Gasteiger partial charge >= 0.3 is 12.4 Å². The van der Waals surface area contributed by atoms with Crippen molar-refractivity contribution in [3.05, 3.63) is 62.1 Å². The Hall–Kier alpha value is -1.82. The Morgan fingerprint density at radius 2 is 1.57 bits per heavy atom. The van der Waals surface area contributed by atoms with Gasteiger partial charge in [-0.15, -0.1) is 0 Å². The van der Waals surface area contributed by atoms with Crippen molar-refractivity contribution in [3.8, 4) is 6.07 Å². The highest BCUT2D eigenvalue weighted by molar-refractivity contribution is 6.48. The first-order chi connectivity index (χ1) is 13.8. The van der Waals surface area contributed by atoms with Crippen LogP contribution in [0, 0.1) is 11.3 Å². The van der Waals surface area contributed by atoms with Crippen LogP contribution in [-0.2, 0) is 11.6 Å². The molecule has 2 aromatic carbocycles. The number of hydrogen-bond donors (Lipinski definition) is 0. The summed E-state index contributed by atoms with van der Waals surface area (Å²) in [5.41, 5.74) is -4.51. The summed E-state index contributed by atoms with van der Waals surface area (Å²) in [6.45, 7) is -0.811. The van der Waals surface area contributed by atoms with Crippen LogP contribution in [0.2, 0.25) is 15.1 Å². The van der Waals surface area contributed by atoms with Crippen LogP contribution in [0.4, 0.5) is 32.0 Å². The highest BCUT2D eigenvalue weighted by Gasteiger charge is 2.59. The van der Waals surface area contributed by atoms with E-state index in [-0.39, 0.29) is 32.9 Å². The van der Waals surface area contributed by atoms with E-state index in [0.29, 0.717) is 6.07 Å². The zero-order chi connectivity index (χ0) is 22.5. The van der Waals surface area contributed by atoms with Gasteiger partial charge in [-0.25, -0.2) is 0 Å². The summed E-state index contributed by atoms with van der Waals surface area (Å²) in [4.78, 5) is 1.19. The van der Waals surface area contributed by atoms with Crippen LogP contribution >= 0.6 is 34.8 Å². The molecule has 160 valence electrons. The second-order valence-electron chi connectivity index (χ2n) is 6.84. The maximum absolute atomic E-state index is 14.2. The molecule has 3 rings (SSSR count). The third kappa shape index (κ3) is 3.91. The minimum atomic E-state index is -4.82. The fraction of sp³-hybridized carbons (Fsp3) is 0.316. The van der Waals surface area contributed by atoms with Gasteiger partial charge in [0.2, 0.25) is 0 Å². The van der Waals surface area contributed by atoms with E-state index in [1.165, 1.54) is 17.0 Å². The van der Waals surface area contributed by atoms with Crippen molar-refractivity contribution >= 4 is 40.5 Å². The Kier molecular flexibility index (Phi) is 5.87. The molecule has 1 aliphatic rings. The van der Waals surface area contributed by atoms with E-state index in [2.05, 4.69) is 0 Å². The van der Waals surface area contributed by atoms with Gasteiger partial charge in [0.25, 0.3) is 0 Å². The topological polar surface area (TPSA) is 27.0 Å². The molecule has 0 bridgehead atoms. The summed E-state index contributed by atoms with van der Waals surface area (Å²) in [6.07, 6.45) is -9.98. The number of alkyl halides is 6. The van der Waals surface area contributed by atoms with Crippen LogP contribution in [0.5, 0.6) is 0 Å². The lowest BCUT2D eigenvalue weighted by Gasteiger charge is -2.33. The van der Waals surface area contributed by atoms with Crippen molar-refractivity contribution in [3.63, 3.8) is 0 Å². The second kappa shape index (κ2) is 7.70. The molecule has 1 heterocycles. The summed E-state index contributed by atoms with van der Waals surface area (Å²) in [6, 6.07) is 6.43. The van der Waals surface area contributed by atoms with E-state index < -0.39 is 41.9 Å². The molecule has 11 heteroatoms. The monoisotopic (exact) mass is 486 g/mol. The molecule has 0 spiro atoms. The quantitative estimate of drug-likeness (QED) is 0.330. The van der Waals surface area contributed by atoms with E-state index >= 15 is 0 Å². The molecule has 1 atom stereocenters. The van der Waals surface area contributed by atoms with Crippen LogP contribution in [0.25, 0.3) is 0 Å². The third-order valence-corrected chi connectivity index (χ3v) is 6.34. The van der Waals surface area contributed by atoms with Crippen molar-refractivity contribution in [2.24, 2.45) is 0 Å². The number of rotatable bonds is 2. The molecule has 2 nitrogen and oxygen atoms in total. The van der Waals surface area contributed by atoms with E-state index in [4.69, 9.17) is 40.1 Å². The van der Waals surface area contributed by atoms with Crippen LogP contribution in [0.3, 0.4) is 0 Å². The van der Waals surface area contributed by atoms with Gasteiger partial charge in [0.05, 0.1) is 32.3 Å². The zero-order valence-corrected chi connectivity index (χ0v) is 17.1. The lowest BCUT2D eigenvalue weighted by molar-refractivity contribution is -0.184. The highest BCUT2D eigenvalue weighted by Crippen LogP contribution is 2.50. The number of benzene rings is 2.